The largest absolute Gasteiger partial charge is 0.348 e. The topological polar surface area (TPSA) is 58.1 Å². The molecule has 5 nitrogen and oxygen atoms in total. The van der Waals surface area contributed by atoms with Crippen molar-refractivity contribution in [1.82, 2.24) is 19.8 Å². The smallest absolute Gasteiger partial charge is 0.265 e. The first kappa shape index (κ1) is 15.7. The Balaban J connectivity index is 1.38. The molecule has 1 aliphatic heterocycles. The van der Waals surface area contributed by atoms with Gasteiger partial charge in [-0.2, -0.15) is 0 Å². The lowest BCUT2D eigenvalue weighted by atomic mass is 9.98. The number of nitrogens with zero attached hydrogens (tertiary/aromatic N) is 3. The predicted molar refractivity (Wildman–Crippen MR) is 93.8 cm³/mol. The number of carbonyl (C=O) groups excluding carboxylic acids is 1. The van der Waals surface area contributed by atoms with Gasteiger partial charge in [0, 0.05) is 25.7 Å². The summed E-state index contributed by atoms with van der Waals surface area (Å²) in [6, 6.07) is 10.9. The zero-order valence-corrected chi connectivity index (χ0v) is 14.6. The summed E-state index contributed by atoms with van der Waals surface area (Å²) in [5, 5.41) is 7.18. The maximum atomic E-state index is 12.4. The van der Waals surface area contributed by atoms with Gasteiger partial charge in [0.1, 0.15) is 4.88 Å². The number of rotatable bonds is 4. The van der Waals surface area contributed by atoms with Gasteiger partial charge in [-0.1, -0.05) is 34.8 Å². The number of nitrogens with one attached hydrogen (secondary N) is 1. The van der Waals surface area contributed by atoms with E-state index in [2.05, 4.69) is 50.1 Å². The molecule has 1 aromatic carbocycles. The number of benzene rings is 1. The van der Waals surface area contributed by atoms with Crippen LogP contribution in [0.3, 0.4) is 0 Å². The van der Waals surface area contributed by atoms with Gasteiger partial charge in [0.2, 0.25) is 0 Å². The van der Waals surface area contributed by atoms with E-state index in [4.69, 9.17) is 0 Å². The van der Waals surface area contributed by atoms with E-state index in [1.165, 1.54) is 23.5 Å². The highest BCUT2D eigenvalue weighted by Gasteiger charge is 2.43. The first-order chi connectivity index (χ1) is 11.7. The number of aromatic nitrogens is 2. The first-order valence-electron chi connectivity index (χ1n) is 8.57. The van der Waals surface area contributed by atoms with Gasteiger partial charge in [0.25, 0.3) is 5.91 Å². The van der Waals surface area contributed by atoms with Gasteiger partial charge < -0.3 is 5.32 Å². The van der Waals surface area contributed by atoms with Crippen molar-refractivity contribution < 1.29 is 4.79 Å². The van der Waals surface area contributed by atoms with Crippen LogP contribution in [0.25, 0.3) is 0 Å². The average Bonchev–Trinajstić information content (AvgIpc) is 3.26. The van der Waals surface area contributed by atoms with E-state index in [1.807, 2.05) is 6.92 Å². The lowest BCUT2D eigenvalue weighted by Gasteiger charge is -2.21. The van der Waals surface area contributed by atoms with E-state index in [1.54, 1.807) is 0 Å². The third-order valence-electron chi connectivity index (χ3n) is 5.36. The van der Waals surface area contributed by atoms with Crippen LogP contribution in [0.4, 0.5) is 0 Å². The number of hydrogen-bond acceptors (Lipinski definition) is 5. The van der Waals surface area contributed by atoms with Crippen molar-refractivity contribution in [2.75, 3.05) is 13.1 Å². The van der Waals surface area contributed by atoms with Crippen LogP contribution < -0.4 is 5.32 Å². The van der Waals surface area contributed by atoms with Crippen molar-refractivity contribution >= 4 is 17.4 Å². The van der Waals surface area contributed by atoms with E-state index in [-0.39, 0.29) is 11.9 Å². The van der Waals surface area contributed by atoms with Crippen LogP contribution in [0.1, 0.15) is 33.8 Å². The monoisotopic (exact) mass is 342 g/mol. The Kier molecular flexibility index (Phi) is 4.33. The molecule has 1 saturated carbocycles. The minimum atomic E-state index is -0.00495. The molecule has 0 spiro atoms. The number of aryl methyl sites for hydroxylation is 1. The fourth-order valence-electron chi connectivity index (χ4n) is 4.18. The highest BCUT2D eigenvalue weighted by Crippen LogP contribution is 2.38. The summed E-state index contributed by atoms with van der Waals surface area (Å²) in [7, 11) is 0. The number of amides is 1. The molecule has 1 aromatic heterocycles. The summed E-state index contributed by atoms with van der Waals surface area (Å²) in [5.74, 6) is 1.27. The Hall–Kier alpha value is -1.79. The molecule has 0 radical (unpaired) electrons. The molecule has 1 N–H and O–H groups in total. The van der Waals surface area contributed by atoms with Gasteiger partial charge in [-0.25, -0.2) is 0 Å². The molecule has 3 atom stereocenters. The molecule has 0 unspecified atom stereocenters. The van der Waals surface area contributed by atoms with Crippen LogP contribution in [0.5, 0.6) is 0 Å². The first-order valence-corrected chi connectivity index (χ1v) is 9.34. The average molecular weight is 342 g/mol. The molecule has 2 heterocycles. The molecule has 24 heavy (non-hydrogen) atoms. The molecular formula is C18H22N4OS. The Morgan fingerprint density at radius 3 is 2.88 bits per heavy atom. The van der Waals surface area contributed by atoms with Gasteiger partial charge >= 0.3 is 0 Å². The highest BCUT2D eigenvalue weighted by molar-refractivity contribution is 7.08. The molecule has 6 heteroatoms. The number of fused-ring (bicyclic) bond motifs is 1. The molecule has 4 rings (SSSR count). The van der Waals surface area contributed by atoms with Gasteiger partial charge in [-0.05, 0) is 48.7 Å². The Morgan fingerprint density at radius 2 is 2.12 bits per heavy atom. The maximum Gasteiger partial charge on any atom is 0.265 e. The summed E-state index contributed by atoms with van der Waals surface area (Å²) in [6.45, 7) is 5.07. The second-order valence-corrected chi connectivity index (χ2v) is 7.70. The second kappa shape index (κ2) is 6.61. The predicted octanol–water partition coefficient (Wildman–Crippen LogP) is 2.49. The number of hydrogen-bond donors (Lipinski definition) is 1. The van der Waals surface area contributed by atoms with E-state index in [0.29, 0.717) is 16.7 Å². The molecule has 2 aliphatic rings. The highest BCUT2D eigenvalue weighted by atomic mass is 32.1. The molecule has 2 aromatic rings. The Morgan fingerprint density at radius 1 is 1.29 bits per heavy atom. The molecule has 0 bridgehead atoms. The standard InChI is InChI=1S/C18H22N4OS/c1-12-17(24-21-20-12)18(23)19-16-8-7-14-10-22(11-15(14)16)9-13-5-3-2-4-6-13/h2-6,14-16H,7-11H2,1H3,(H,19,23)/t14-,15-,16-/m1/s1. The van der Waals surface area contributed by atoms with Gasteiger partial charge in [0.15, 0.2) is 0 Å². The third kappa shape index (κ3) is 3.08. The van der Waals surface area contributed by atoms with Crippen LogP contribution in [-0.2, 0) is 6.54 Å². The van der Waals surface area contributed by atoms with Crippen molar-refractivity contribution in [3.8, 4) is 0 Å². The quantitative estimate of drug-likeness (QED) is 0.927. The Bertz CT molecular complexity index is 717. The second-order valence-electron chi connectivity index (χ2n) is 6.95. The van der Waals surface area contributed by atoms with Gasteiger partial charge in [-0.3, -0.25) is 9.69 Å². The van der Waals surface area contributed by atoms with Crippen molar-refractivity contribution in [3.63, 3.8) is 0 Å². The van der Waals surface area contributed by atoms with Crippen molar-refractivity contribution in [2.45, 2.75) is 32.4 Å². The molecule has 1 amide bonds. The van der Waals surface area contributed by atoms with Crippen LogP contribution >= 0.6 is 11.5 Å². The van der Waals surface area contributed by atoms with Gasteiger partial charge in [-0.15, -0.1) is 5.10 Å². The SMILES string of the molecule is Cc1nnsc1C(=O)N[C@@H]1CC[C@@H]2CN(Cc3ccccc3)C[C@H]21. The minimum Gasteiger partial charge on any atom is -0.348 e. The van der Waals surface area contributed by atoms with E-state index < -0.39 is 0 Å². The van der Waals surface area contributed by atoms with Crippen molar-refractivity contribution in [1.29, 1.82) is 0 Å². The zero-order valence-electron chi connectivity index (χ0n) is 13.8. The van der Waals surface area contributed by atoms with Gasteiger partial charge in [0.05, 0.1) is 5.69 Å². The molecule has 126 valence electrons. The van der Waals surface area contributed by atoms with Crippen LogP contribution in [0.15, 0.2) is 30.3 Å². The number of carbonyl (C=O) groups is 1. The zero-order chi connectivity index (χ0) is 16.5. The van der Waals surface area contributed by atoms with E-state index in [0.717, 1.165) is 31.7 Å². The summed E-state index contributed by atoms with van der Waals surface area (Å²) in [6.07, 6.45) is 2.30. The minimum absolute atomic E-state index is 0.00495. The molecule has 1 saturated heterocycles. The summed E-state index contributed by atoms with van der Waals surface area (Å²) in [5.41, 5.74) is 2.09. The Labute approximate surface area is 146 Å². The molecular weight excluding hydrogens is 320 g/mol. The molecule has 2 fully saturated rings. The van der Waals surface area contributed by atoms with Crippen LogP contribution in [-0.4, -0.2) is 39.5 Å². The maximum absolute atomic E-state index is 12.4. The third-order valence-corrected chi connectivity index (χ3v) is 6.18. The summed E-state index contributed by atoms with van der Waals surface area (Å²) in [4.78, 5) is 15.6. The lowest BCUT2D eigenvalue weighted by Crippen LogP contribution is -2.39. The van der Waals surface area contributed by atoms with Crippen LogP contribution in [0.2, 0.25) is 0 Å². The van der Waals surface area contributed by atoms with Crippen LogP contribution in [0, 0.1) is 18.8 Å². The summed E-state index contributed by atoms with van der Waals surface area (Å²) < 4.78 is 3.87. The fraction of sp³-hybridized carbons (Fsp3) is 0.500. The number of likely N-dealkylation sites (tertiary alicyclic amines) is 1. The van der Waals surface area contributed by atoms with Crippen molar-refractivity contribution in [2.24, 2.45) is 11.8 Å². The molecule has 1 aliphatic carbocycles. The summed E-state index contributed by atoms with van der Waals surface area (Å²) >= 11 is 1.19. The van der Waals surface area contributed by atoms with E-state index in [9.17, 15) is 4.79 Å². The van der Waals surface area contributed by atoms with E-state index >= 15 is 0 Å². The van der Waals surface area contributed by atoms with Crippen molar-refractivity contribution in [3.05, 3.63) is 46.5 Å². The fourth-order valence-corrected chi connectivity index (χ4v) is 4.74. The lowest BCUT2D eigenvalue weighted by molar-refractivity contribution is 0.0929. The normalized spacial score (nSPS) is 26.5.